The first-order valence-corrected chi connectivity index (χ1v) is 23.1. The highest BCUT2D eigenvalue weighted by molar-refractivity contribution is 6.45. The van der Waals surface area contributed by atoms with Gasteiger partial charge in [-0.1, -0.05) is 152 Å². The Labute approximate surface area is 361 Å². The summed E-state index contributed by atoms with van der Waals surface area (Å²) in [6.45, 7) is 18.8. The van der Waals surface area contributed by atoms with E-state index >= 15 is 0 Å². The average molecular weight is 793 g/mol. The highest BCUT2D eigenvalue weighted by atomic mass is 14.3. The summed E-state index contributed by atoms with van der Waals surface area (Å²) in [5.74, 6) is 1.71. The van der Waals surface area contributed by atoms with Gasteiger partial charge >= 0.3 is 0 Å². The van der Waals surface area contributed by atoms with Gasteiger partial charge in [0.15, 0.2) is 0 Å². The van der Waals surface area contributed by atoms with Crippen molar-refractivity contribution in [2.24, 2.45) is 0 Å². The van der Waals surface area contributed by atoms with Crippen LogP contribution in [0.5, 0.6) is 0 Å². The van der Waals surface area contributed by atoms with Crippen molar-refractivity contribution in [3.05, 3.63) is 144 Å². The van der Waals surface area contributed by atoms with Gasteiger partial charge in [0.1, 0.15) is 0 Å². The van der Waals surface area contributed by atoms with E-state index in [0.717, 1.165) is 0 Å². The van der Waals surface area contributed by atoms with Crippen molar-refractivity contribution in [2.45, 2.75) is 79.1 Å². The maximum absolute atomic E-state index is 2.52. The highest BCUT2D eigenvalue weighted by Crippen LogP contribution is 2.53. The van der Waals surface area contributed by atoms with Gasteiger partial charge < -0.3 is 0 Å². The fourth-order valence-corrected chi connectivity index (χ4v) is 12.9. The van der Waals surface area contributed by atoms with Crippen molar-refractivity contribution < 1.29 is 0 Å². The minimum absolute atomic E-state index is 0.427. The van der Waals surface area contributed by atoms with Crippen LogP contribution in [0.25, 0.3) is 140 Å². The summed E-state index contributed by atoms with van der Waals surface area (Å²) in [6.07, 6.45) is 0. The van der Waals surface area contributed by atoms with Crippen LogP contribution in [-0.4, -0.2) is 0 Å². The Morgan fingerprint density at radius 1 is 0.194 bits per heavy atom. The fourth-order valence-electron chi connectivity index (χ4n) is 12.9. The van der Waals surface area contributed by atoms with Crippen molar-refractivity contribution in [3.63, 3.8) is 0 Å². The lowest BCUT2D eigenvalue weighted by atomic mass is 9.81. The van der Waals surface area contributed by atoms with Gasteiger partial charge in [-0.25, -0.2) is 0 Å². The number of fused-ring (bicyclic) bond motifs is 11. The summed E-state index contributed by atoms with van der Waals surface area (Å²) in [4.78, 5) is 0. The molecule has 0 heteroatoms. The highest BCUT2D eigenvalue weighted by Gasteiger charge is 2.26. The Balaban J connectivity index is 1.10. The quantitative estimate of drug-likeness (QED) is 0.123. The molecule has 0 spiro atoms. The van der Waals surface area contributed by atoms with E-state index in [0.29, 0.717) is 23.7 Å². The summed E-state index contributed by atoms with van der Waals surface area (Å²) in [5, 5.41) is 36.3. The molecule has 0 fully saturated rings. The Morgan fingerprint density at radius 3 is 0.661 bits per heavy atom. The second-order valence-corrected chi connectivity index (χ2v) is 20.2. The van der Waals surface area contributed by atoms with Crippen molar-refractivity contribution in [2.75, 3.05) is 0 Å². The van der Waals surface area contributed by atoms with E-state index in [4.69, 9.17) is 0 Å². The Morgan fingerprint density at radius 2 is 0.419 bits per heavy atom. The van der Waals surface area contributed by atoms with Gasteiger partial charge in [-0.05, 0) is 210 Å². The van der Waals surface area contributed by atoms with Crippen LogP contribution in [0.15, 0.2) is 121 Å². The van der Waals surface area contributed by atoms with E-state index in [1.807, 2.05) is 0 Å². The predicted octanol–water partition coefficient (Wildman–Crippen LogP) is 18.9. The molecule has 0 nitrogen and oxygen atoms in total. The second kappa shape index (κ2) is 11.7. The SMILES string of the molecule is CC(C)c1ccc2ccc(C(C)C)c3c4ccc5c6cc7cc8c(cc7cc6c6ccc(c1c23)c4c65)c1ccc2c3c(C(C)C)ccc4ccc(C(C)C)c(c5ccc8c1c25)c43. The Kier molecular flexibility index (Phi) is 6.63. The minimum Gasteiger partial charge on any atom is -0.0587 e. The fraction of sp³-hybridized carbons (Fsp3) is 0.194. The summed E-state index contributed by atoms with van der Waals surface area (Å²) in [5.41, 5.74) is 5.79. The van der Waals surface area contributed by atoms with Gasteiger partial charge in [-0.15, -0.1) is 0 Å². The van der Waals surface area contributed by atoms with Crippen molar-refractivity contribution >= 4 is 140 Å². The van der Waals surface area contributed by atoms with Crippen LogP contribution < -0.4 is 0 Å². The lowest BCUT2D eigenvalue weighted by Gasteiger charge is -2.22. The third-order valence-electron chi connectivity index (χ3n) is 15.7. The third-order valence-corrected chi connectivity index (χ3v) is 15.7. The first-order chi connectivity index (χ1) is 30.1. The molecule has 0 aliphatic rings. The van der Waals surface area contributed by atoms with Crippen LogP contribution in [0, 0.1) is 0 Å². The molecule has 14 rings (SSSR count). The number of hydrogen-bond donors (Lipinski definition) is 0. The van der Waals surface area contributed by atoms with Crippen LogP contribution in [0.4, 0.5) is 0 Å². The van der Waals surface area contributed by atoms with Gasteiger partial charge in [-0.3, -0.25) is 0 Å². The first-order valence-electron chi connectivity index (χ1n) is 23.1. The van der Waals surface area contributed by atoms with Gasteiger partial charge in [0.2, 0.25) is 0 Å². The molecule has 62 heavy (non-hydrogen) atoms. The van der Waals surface area contributed by atoms with E-state index in [2.05, 4.69) is 177 Å². The maximum atomic E-state index is 2.52. The molecule has 0 saturated heterocycles. The molecule has 0 amide bonds. The van der Waals surface area contributed by atoms with Crippen LogP contribution in [0.3, 0.4) is 0 Å². The van der Waals surface area contributed by atoms with Gasteiger partial charge in [0, 0.05) is 0 Å². The number of benzene rings is 12. The van der Waals surface area contributed by atoms with Crippen molar-refractivity contribution in [1.29, 1.82) is 0 Å². The molecule has 0 saturated carbocycles. The largest absolute Gasteiger partial charge is 0.0587 e. The summed E-state index contributed by atoms with van der Waals surface area (Å²) < 4.78 is 0. The molecule has 0 atom stereocenters. The van der Waals surface area contributed by atoms with E-state index in [-0.39, 0.29) is 0 Å². The van der Waals surface area contributed by atoms with Gasteiger partial charge in [0.25, 0.3) is 0 Å². The van der Waals surface area contributed by atoms with Crippen molar-refractivity contribution in [1.82, 2.24) is 0 Å². The average Bonchev–Trinajstić information content (AvgIpc) is 3.76. The number of rotatable bonds is 4. The van der Waals surface area contributed by atoms with Crippen LogP contribution in [-0.2, 0) is 0 Å². The molecule has 0 aliphatic heterocycles. The molecule has 0 heterocycles. The lowest BCUT2D eigenvalue weighted by molar-refractivity contribution is 0.875. The smallest absolute Gasteiger partial charge is 0.00137 e. The molecule has 0 aromatic heterocycles. The molecule has 14 aromatic rings. The van der Waals surface area contributed by atoms with Crippen molar-refractivity contribution in [3.8, 4) is 0 Å². The molecule has 0 N–H and O–H groups in total. The minimum atomic E-state index is 0.427. The zero-order valence-electron chi connectivity index (χ0n) is 36.9. The standard InChI is InChI=1S/C62H48/c1-29(2)37-13-9-33-10-14-38(30(3)4)56-46-22-18-42-50-26-36-28-52-44-20-24-48-58-40(32(7)8)16-12-34-11-15-39(31(5)6)57(54(34)58)47-23-19-43(60(44)62(47)48)51(52)27-35(36)25-49(50)41-17-21-45(55(37)53(33)56)61(46)59(41)42/h9-32H,1-8H3. The maximum Gasteiger partial charge on any atom is -0.00137 e. The molecular weight excluding hydrogens is 745 g/mol. The molecule has 0 aliphatic carbocycles. The summed E-state index contributed by atoms with van der Waals surface area (Å²) in [7, 11) is 0. The van der Waals surface area contributed by atoms with Crippen LogP contribution >= 0.6 is 0 Å². The van der Waals surface area contributed by atoms with E-state index < -0.39 is 0 Å². The third kappa shape index (κ3) is 4.11. The Hall–Kier alpha value is -6.50. The topological polar surface area (TPSA) is 0 Å². The predicted molar refractivity (Wildman–Crippen MR) is 275 cm³/mol. The molecule has 14 aromatic carbocycles. The molecule has 0 radical (unpaired) electrons. The van der Waals surface area contributed by atoms with Crippen LogP contribution in [0.1, 0.15) is 101 Å². The lowest BCUT2D eigenvalue weighted by Crippen LogP contribution is -1.97. The van der Waals surface area contributed by atoms with Crippen LogP contribution in [0.2, 0.25) is 0 Å². The molecular formula is C62H48. The monoisotopic (exact) mass is 792 g/mol. The molecule has 0 bridgehead atoms. The van der Waals surface area contributed by atoms with Gasteiger partial charge in [-0.2, -0.15) is 0 Å². The summed E-state index contributed by atoms with van der Waals surface area (Å²) >= 11 is 0. The van der Waals surface area contributed by atoms with E-state index in [9.17, 15) is 0 Å². The molecule has 296 valence electrons. The Bertz CT molecular complexity index is 3720. The molecule has 0 unspecified atom stereocenters. The zero-order chi connectivity index (χ0) is 41.8. The first kappa shape index (κ1) is 35.1. The normalized spacial score (nSPS) is 13.4. The second-order valence-electron chi connectivity index (χ2n) is 20.2. The van der Waals surface area contributed by atoms with E-state index in [1.165, 1.54) is 162 Å². The van der Waals surface area contributed by atoms with Gasteiger partial charge in [0.05, 0.1) is 0 Å². The number of hydrogen-bond acceptors (Lipinski definition) is 0. The van der Waals surface area contributed by atoms with E-state index in [1.54, 1.807) is 0 Å². The zero-order valence-corrected chi connectivity index (χ0v) is 36.9. The summed E-state index contributed by atoms with van der Waals surface area (Å²) in [6, 6.07) is 48.7.